The Bertz CT molecular complexity index is 556. The van der Waals surface area contributed by atoms with Gasteiger partial charge in [-0.25, -0.2) is 13.1 Å². The first-order valence-electron chi connectivity index (χ1n) is 7.41. The summed E-state index contributed by atoms with van der Waals surface area (Å²) in [5.41, 5.74) is 0.675. The van der Waals surface area contributed by atoms with Gasteiger partial charge in [0.1, 0.15) is 0 Å². The Balaban J connectivity index is 2.88. The summed E-state index contributed by atoms with van der Waals surface area (Å²) < 4.78 is 29.1. The van der Waals surface area contributed by atoms with Crippen LogP contribution in [0.15, 0.2) is 17.2 Å². The molecule has 1 rings (SSSR count). The van der Waals surface area contributed by atoms with Crippen LogP contribution >= 0.6 is 0 Å². The molecule has 1 heterocycles. The smallest absolute Gasteiger partial charge is 0.242 e. The van der Waals surface area contributed by atoms with E-state index in [4.69, 9.17) is 0 Å². The van der Waals surface area contributed by atoms with E-state index in [1.807, 2.05) is 13.8 Å². The van der Waals surface area contributed by atoms with Crippen molar-refractivity contribution in [1.82, 2.24) is 9.29 Å². The number of sulfonamides is 1. The highest BCUT2D eigenvalue weighted by atomic mass is 32.2. The summed E-state index contributed by atoms with van der Waals surface area (Å²) in [5.74, 6) is 0.224. The molecule has 0 amide bonds. The molecule has 1 aromatic heterocycles. The number of rotatable bonds is 7. The summed E-state index contributed by atoms with van der Waals surface area (Å²) in [6, 6.07) is 1.54. The lowest BCUT2D eigenvalue weighted by Crippen LogP contribution is -2.33. The van der Waals surface area contributed by atoms with Crippen molar-refractivity contribution < 1.29 is 13.5 Å². The molecular weight excluding hydrogens is 288 g/mol. The molecule has 0 bridgehead atoms. The molecule has 6 heteroatoms. The van der Waals surface area contributed by atoms with Gasteiger partial charge in [0.05, 0.1) is 11.5 Å². The van der Waals surface area contributed by atoms with Crippen LogP contribution in [0.25, 0.3) is 0 Å². The van der Waals surface area contributed by atoms with Crippen LogP contribution in [0.2, 0.25) is 0 Å². The first-order chi connectivity index (χ1) is 9.61. The van der Waals surface area contributed by atoms with Gasteiger partial charge in [-0.2, -0.15) is 0 Å². The fourth-order valence-electron chi connectivity index (χ4n) is 1.88. The lowest BCUT2D eigenvalue weighted by atomic mass is 9.82. The van der Waals surface area contributed by atoms with E-state index in [1.54, 1.807) is 16.8 Å². The molecule has 0 spiro atoms. The molecule has 1 unspecified atom stereocenters. The Kier molecular flexibility index (Phi) is 6.01. The predicted molar refractivity (Wildman–Crippen MR) is 84.5 cm³/mol. The molecule has 0 aliphatic carbocycles. The van der Waals surface area contributed by atoms with E-state index in [2.05, 4.69) is 25.5 Å². The number of aryl methyl sites for hydroxylation is 1. The highest BCUT2D eigenvalue weighted by Gasteiger charge is 2.24. The van der Waals surface area contributed by atoms with Gasteiger partial charge in [-0.15, -0.1) is 0 Å². The monoisotopic (exact) mass is 316 g/mol. The third kappa shape index (κ3) is 4.83. The first-order valence-corrected chi connectivity index (χ1v) is 8.89. The molecular formula is C15H28N2O3S. The fourth-order valence-corrected chi connectivity index (χ4v) is 3.07. The summed E-state index contributed by atoms with van der Waals surface area (Å²) in [6.45, 7) is 11.3. The predicted octanol–water partition coefficient (Wildman–Crippen LogP) is 2.35. The Morgan fingerprint density at radius 1 is 1.38 bits per heavy atom. The van der Waals surface area contributed by atoms with Crippen LogP contribution in [0, 0.1) is 11.3 Å². The Labute approximate surface area is 128 Å². The molecule has 0 saturated heterocycles. The van der Waals surface area contributed by atoms with Crippen molar-refractivity contribution in [2.75, 3.05) is 6.54 Å². The zero-order valence-electron chi connectivity index (χ0n) is 13.7. The van der Waals surface area contributed by atoms with Crippen LogP contribution in [-0.4, -0.2) is 24.6 Å². The van der Waals surface area contributed by atoms with Crippen molar-refractivity contribution in [2.45, 2.75) is 59.1 Å². The number of hydrogen-bond donors (Lipinski definition) is 2. The molecule has 0 aliphatic heterocycles. The largest absolute Gasteiger partial charge is 0.390 e. The fraction of sp³-hybridized carbons (Fsp3) is 0.733. The van der Waals surface area contributed by atoms with Gasteiger partial charge >= 0.3 is 0 Å². The molecule has 21 heavy (non-hydrogen) atoms. The minimum atomic E-state index is -3.53. The number of aliphatic hydroxyl groups excluding tert-OH is 1. The molecule has 0 saturated carbocycles. The van der Waals surface area contributed by atoms with E-state index in [-0.39, 0.29) is 22.8 Å². The van der Waals surface area contributed by atoms with Crippen molar-refractivity contribution in [3.63, 3.8) is 0 Å². The molecule has 1 atom stereocenters. The zero-order valence-corrected chi connectivity index (χ0v) is 14.5. The van der Waals surface area contributed by atoms with Crippen molar-refractivity contribution in [3.8, 4) is 0 Å². The molecule has 0 radical (unpaired) electrons. The maximum absolute atomic E-state index is 12.3. The van der Waals surface area contributed by atoms with E-state index >= 15 is 0 Å². The number of aliphatic hydroxyl groups is 1. The van der Waals surface area contributed by atoms with Crippen molar-refractivity contribution >= 4 is 10.0 Å². The van der Waals surface area contributed by atoms with Gasteiger partial charge in [0.15, 0.2) is 0 Å². The second-order valence-electron chi connectivity index (χ2n) is 6.64. The summed E-state index contributed by atoms with van der Waals surface area (Å²) in [5, 5.41) is 9.31. The quantitative estimate of drug-likeness (QED) is 0.811. The number of hydrogen-bond acceptors (Lipinski definition) is 3. The minimum Gasteiger partial charge on any atom is -0.390 e. The number of aromatic nitrogens is 1. The standard InChI is InChI=1S/C15H28N2O3S/c1-6-7-17-10-14(8-13(17)11-18)21(19,20)16-9-12(2)15(3,4)5/h8,10,12,16,18H,6-7,9,11H2,1-5H3. The summed E-state index contributed by atoms with van der Waals surface area (Å²) in [7, 11) is -3.53. The van der Waals surface area contributed by atoms with Gasteiger partial charge in [-0.1, -0.05) is 34.6 Å². The van der Waals surface area contributed by atoms with E-state index in [0.717, 1.165) is 6.42 Å². The molecule has 2 N–H and O–H groups in total. The van der Waals surface area contributed by atoms with E-state index in [1.165, 1.54) is 0 Å². The molecule has 0 aromatic carbocycles. The van der Waals surface area contributed by atoms with Crippen LogP contribution in [0.3, 0.4) is 0 Å². The molecule has 122 valence electrons. The summed E-state index contributed by atoms with van der Waals surface area (Å²) >= 11 is 0. The highest BCUT2D eigenvalue weighted by Crippen LogP contribution is 2.25. The normalized spacial score (nSPS) is 14.4. The Morgan fingerprint density at radius 3 is 2.48 bits per heavy atom. The van der Waals surface area contributed by atoms with Crippen LogP contribution < -0.4 is 4.72 Å². The van der Waals surface area contributed by atoms with Gasteiger partial charge in [0.2, 0.25) is 10.0 Å². The van der Waals surface area contributed by atoms with E-state index in [9.17, 15) is 13.5 Å². The lowest BCUT2D eigenvalue weighted by molar-refractivity contribution is 0.263. The van der Waals surface area contributed by atoms with Crippen LogP contribution in [0.5, 0.6) is 0 Å². The van der Waals surface area contributed by atoms with E-state index < -0.39 is 10.0 Å². The van der Waals surface area contributed by atoms with E-state index in [0.29, 0.717) is 18.8 Å². The Morgan fingerprint density at radius 2 is 2.00 bits per heavy atom. The first kappa shape index (κ1) is 18.2. The highest BCUT2D eigenvalue weighted by molar-refractivity contribution is 7.89. The second kappa shape index (κ2) is 6.94. The number of nitrogens with zero attached hydrogens (tertiary/aromatic N) is 1. The summed E-state index contributed by atoms with van der Waals surface area (Å²) in [4.78, 5) is 0.223. The Hall–Kier alpha value is -0.850. The average molecular weight is 316 g/mol. The zero-order chi connectivity index (χ0) is 16.3. The molecule has 0 fully saturated rings. The van der Waals surface area contributed by atoms with Gasteiger partial charge < -0.3 is 9.67 Å². The van der Waals surface area contributed by atoms with Crippen molar-refractivity contribution in [2.24, 2.45) is 11.3 Å². The topological polar surface area (TPSA) is 71.3 Å². The SMILES string of the molecule is CCCn1cc(S(=O)(=O)NCC(C)C(C)(C)C)cc1CO. The maximum atomic E-state index is 12.3. The van der Waals surface area contributed by atoms with Crippen LogP contribution in [0.1, 0.15) is 46.7 Å². The molecule has 0 aliphatic rings. The van der Waals surface area contributed by atoms with Crippen LogP contribution in [0.4, 0.5) is 0 Å². The lowest BCUT2D eigenvalue weighted by Gasteiger charge is -2.27. The average Bonchev–Trinajstić information content (AvgIpc) is 2.79. The molecule has 1 aromatic rings. The van der Waals surface area contributed by atoms with Gasteiger partial charge in [0.25, 0.3) is 0 Å². The number of nitrogens with one attached hydrogen (secondary N) is 1. The van der Waals surface area contributed by atoms with Crippen molar-refractivity contribution in [3.05, 3.63) is 18.0 Å². The minimum absolute atomic E-state index is 0.0485. The second-order valence-corrected chi connectivity index (χ2v) is 8.40. The van der Waals surface area contributed by atoms with Gasteiger partial charge in [-0.05, 0) is 23.8 Å². The van der Waals surface area contributed by atoms with Crippen LogP contribution in [-0.2, 0) is 23.2 Å². The van der Waals surface area contributed by atoms with Crippen molar-refractivity contribution in [1.29, 1.82) is 0 Å². The maximum Gasteiger partial charge on any atom is 0.242 e. The molecule has 5 nitrogen and oxygen atoms in total. The summed E-state index contributed by atoms with van der Waals surface area (Å²) in [6.07, 6.45) is 2.48. The third-order valence-electron chi connectivity index (χ3n) is 3.96. The van der Waals surface area contributed by atoms with Gasteiger partial charge in [0, 0.05) is 25.0 Å². The van der Waals surface area contributed by atoms with Gasteiger partial charge in [-0.3, -0.25) is 0 Å². The third-order valence-corrected chi connectivity index (χ3v) is 5.35.